The average molecular weight is 148 g/mol. The highest BCUT2D eigenvalue weighted by atomic mass is 32.2. The summed E-state index contributed by atoms with van der Waals surface area (Å²) >= 11 is 1.90. The van der Waals surface area contributed by atoms with E-state index in [0.717, 1.165) is 30.6 Å². The molecular formula is C6H12O2S. The van der Waals surface area contributed by atoms with Crippen LogP contribution in [0, 0.1) is 0 Å². The Bertz CT molecular complexity index is 73.5. The Labute approximate surface area is 59.6 Å². The van der Waals surface area contributed by atoms with Gasteiger partial charge in [-0.2, -0.15) is 11.8 Å². The summed E-state index contributed by atoms with van der Waals surface area (Å²) in [6, 6.07) is 0. The maximum Gasteiger partial charge on any atom is 0.0607 e. The minimum absolute atomic E-state index is 0.320. The van der Waals surface area contributed by atoms with Gasteiger partial charge in [0.05, 0.1) is 18.5 Å². The molecule has 0 aromatic heterocycles. The molecule has 0 bridgehead atoms. The fourth-order valence-corrected chi connectivity index (χ4v) is 1.64. The summed E-state index contributed by atoms with van der Waals surface area (Å²) in [5.74, 6) is 1.07. The monoisotopic (exact) mass is 148 g/mol. The first kappa shape index (κ1) is 7.38. The molecule has 1 rings (SSSR count). The molecular weight excluding hydrogens is 136 g/mol. The van der Waals surface area contributed by atoms with E-state index >= 15 is 0 Å². The number of rotatable bonds is 4. The molecule has 0 radical (unpaired) electrons. The van der Waals surface area contributed by atoms with Gasteiger partial charge >= 0.3 is 0 Å². The van der Waals surface area contributed by atoms with Crippen molar-refractivity contribution >= 4 is 11.8 Å². The van der Waals surface area contributed by atoms with Crippen LogP contribution in [0.25, 0.3) is 0 Å². The van der Waals surface area contributed by atoms with Crippen molar-refractivity contribution in [2.45, 2.75) is 11.7 Å². The Hall–Kier alpha value is 0.270. The summed E-state index contributed by atoms with van der Waals surface area (Å²) in [4.78, 5) is 0. The van der Waals surface area contributed by atoms with Gasteiger partial charge in [-0.25, -0.2) is 0 Å². The van der Waals surface area contributed by atoms with Gasteiger partial charge in [-0.3, -0.25) is 0 Å². The summed E-state index contributed by atoms with van der Waals surface area (Å²) in [6.07, 6.45) is 0.918. The van der Waals surface area contributed by atoms with Gasteiger partial charge in [0.15, 0.2) is 0 Å². The third-order valence-corrected chi connectivity index (χ3v) is 2.53. The fourth-order valence-electron chi connectivity index (χ4n) is 0.625. The Morgan fingerprint density at radius 1 is 1.56 bits per heavy atom. The largest absolute Gasteiger partial charge is 0.396 e. The molecule has 0 aliphatic carbocycles. The van der Waals surface area contributed by atoms with Crippen molar-refractivity contribution in [2.75, 3.05) is 25.6 Å². The van der Waals surface area contributed by atoms with Crippen molar-refractivity contribution in [3.63, 3.8) is 0 Å². The molecule has 0 spiro atoms. The van der Waals surface area contributed by atoms with Gasteiger partial charge in [-0.15, -0.1) is 0 Å². The summed E-state index contributed by atoms with van der Waals surface area (Å²) < 4.78 is 4.98. The van der Waals surface area contributed by atoms with Crippen molar-refractivity contribution in [1.82, 2.24) is 0 Å². The van der Waals surface area contributed by atoms with Gasteiger partial charge in [-0.05, 0) is 12.2 Å². The summed E-state index contributed by atoms with van der Waals surface area (Å²) in [7, 11) is 0. The van der Waals surface area contributed by atoms with E-state index in [2.05, 4.69) is 0 Å². The lowest BCUT2D eigenvalue weighted by Gasteiger charge is -2.24. The van der Waals surface area contributed by atoms with Crippen LogP contribution in [0.5, 0.6) is 0 Å². The highest BCUT2D eigenvalue weighted by Crippen LogP contribution is 2.18. The van der Waals surface area contributed by atoms with E-state index in [-0.39, 0.29) is 0 Å². The molecule has 1 N–H and O–H groups in total. The quantitative estimate of drug-likeness (QED) is 0.589. The second-order valence-electron chi connectivity index (χ2n) is 2.11. The second-order valence-corrected chi connectivity index (χ2v) is 3.52. The van der Waals surface area contributed by atoms with E-state index in [4.69, 9.17) is 9.84 Å². The van der Waals surface area contributed by atoms with Crippen LogP contribution in [-0.2, 0) is 4.74 Å². The minimum atomic E-state index is 0.320. The van der Waals surface area contributed by atoms with Crippen LogP contribution in [-0.4, -0.2) is 35.9 Å². The Balaban J connectivity index is 1.80. The van der Waals surface area contributed by atoms with Crippen LogP contribution in [0.3, 0.4) is 0 Å². The van der Waals surface area contributed by atoms with Gasteiger partial charge in [-0.1, -0.05) is 0 Å². The fraction of sp³-hybridized carbons (Fsp3) is 1.00. The zero-order chi connectivity index (χ0) is 6.53. The third kappa shape index (κ3) is 2.56. The van der Waals surface area contributed by atoms with Crippen LogP contribution < -0.4 is 0 Å². The zero-order valence-electron chi connectivity index (χ0n) is 5.38. The lowest BCUT2D eigenvalue weighted by atomic mass is 10.4. The molecule has 1 heterocycles. The van der Waals surface area contributed by atoms with Gasteiger partial charge in [0, 0.05) is 6.61 Å². The van der Waals surface area contributed by atoms with Crippen molar-refractivity contribution in [3.05, 3.63) is 0 Å². The predicted octanol–water partition coefficient (Wildman–Crippen LogP) is 0.501. The number of hydrogen-bond donors (Lipinski definition) is 1. The van der Waals surface area contributed by atoms with E-state index in [1.807, 2.05) is 11.8 Å². The Morgan fingerprint density at radius 3 is 2.78 bits per heavy atom. The van der Waals surface area contributed by atoms with Gasteiger partial charge in [0.1, 0.15) is 0 Å². The van der Waals surface area contributed by atoms with Crippen molar-refractivity contribution in [2.24, 2.45) is 0 Å². The molecule has 1 aliphatic heterocycles. The molecule has 1 saturated heterocycles. The van der Waals surface area contributed by atoms with Crippen LogP contribution in [0.4, 0.5) is 0 Å². The number of hydrogen-bond acceptors (Lipinski definition) is 3. The SMILES string of the molecule is OCCCSC1COC1. The molecule has 0 saturated carbocycles. The van der Waals surface area contributed by atoms with E-state index in [9.17, 15) is 0 Å². The second kappa shape index (κ2) is 4.14. The first-order valence-electron chi connectivity index (χ1n) is 3.23. The number of thioether (sulfide) groups is 1. The number of aliphatic hydroxyl groups is 1. The lowest BCUT2D eigenvalue weighted by Crippen LogP contribution is -2.30. The standard InChI is InChI=1S/C6H12O2S/c7-2-1-3-9-6-4-8-5-6/h6-7H,1-5H2. The van der Waals surface area contributed by atoms with E-state index < -0.39 is 0 Å². The molecule has 9 heavy (non-hydrogen) atoms. The Kier molecular flexibility index (Phi) is 3.40. The number of ether oxygens (including phenoxy) is 1. The summed E-state index contributed by atoms with van der Waals surface area (Å²) in [5, 5.41) is 9.14. The highest BCUT2D eigenvalue weighted by molar-refractivity contribution is 8.00. The molecule has 0 unspecified atom stereocenters. The molecule has 1 aliphatic rings. The van der Waals surface area contributed by atoms with Crippen LogP contribution in [0.2, 0.25) is 0 Å². The molecule has 0 atom stereocenters. The first-order chi connectivity index (χ1) is 4.43. The molecule has 54 valence electrons. The van der Waals surface area contributed by atoms with E-state index in [1.54, 1.807) is 0 Å². The summed E-state index contributed by atoms with van der Waals surface area (Å²) in [6.45, 7) is 2.15. The Morgan fingerprint density at radius 2 is 2.33 bits per heavy atom. The van der Waals surface area contributed by atoms with Crippen molar-refractivity contribution < 1.29 is 9.84 Å². The minimum Gasteiger partial charge on any atom is -0.396 e. The van der Waals surface area contributed by atoms with E-state index in [1.165, 1.54) is 0 Å². The maximum atomic E-state index is 8.43. The van der Waals surface area contributed by atoms with E-state index in [0.29, 0.717) is 6.61 Å². The van der Waals surface area contributed by atoms with Gasteiger partial charge < -0.3 is 9.84 Å². The maximum absolute atomic E-state index is 8.43. The molecule has 2 nitrogen and oxygen atoms in total. The van der Waals surface area contributed by atoms with Crippen LogP contribution in [0.15, 0.2) is 0 Å². The molecule has 0 aromatic carbocycles. The highest BCUT2D eigenvalue weighted by Gasteiger charge is 2.17. The van der Waals surface area contributed by atoms with Crippen LogP contribution >= 0.6 is 11.8 Å². The average Bonchev–Trinajstić information content (AvgIpc) is 1.76. The van der Waals surface area contributed by atoms with Gasteiger partial charge in [0.2, 0.25) is 0 Å². The zero-order valence-corrected chi connectivity index (χ0v) is 6.19. The molecule has 0 amide bonds. The predicted molar refractivity (Wildman–Crippen MR) is 38.8 cm³/mol. The number of aliphatic hydroxyl groups excluding tert-OH is 1. The lowest BCUT2D eigenvalue weighted by molar-refractivity contribution is 0.0455. The molecule has 3 heteroatoms. The molecule has 1 fully saturated rings. The molecule has 0 aromatic rings. The third-order valence-electron chi connectivity index (χ3n) is 1.26. The smallest absolute Gasteiger partial charge is 0.0607 e. The van der Waals surface area contributed by atoms with Crippen LogP contribution in [0.1, 0.15) is 6.42 Å². The van der Waals surface area contributed by atoms with Crippen molar-refractivity contribution in [3.8, 4) is 0 Å². The van der Waals surface area contributed by atoms with Gasteiger partial charge in [0.25, 0.3) is 0 Å². The first-order valence-corrected chi connectivity index (χ1v) is 4.28. The summed E-state index contributed by atoms with van der Waals surface area (Å²) in [5.41, 5.74) is 0. The normalized spacial score (nSPS) is 19.7. The topological polar surface area (TPSA) is 29.5 Å². The van der Waals surface area contributed by atoms with Crippen molar-refractivity contribution in [1.29, 1.82) is 0 Å².